The van der Waals surface area contributed by atoms with Gasteiger partial charge in [-0.15, -0.1) is 0 Å². The van der Waals surface area contributed by atoms with Gasteiger partial charge in [0.2, 0.25) is 5.91 Å². The third kappa shape index (κ3) is 2.48. The second kappa shape index (κ2) is 5.44. The Morgan fingerprint density at radius 3 is 2.41 bits per heavy atom. The summed E-state index contributed by atoms with van der Waals surface area (Å²) in [5.41, 5.74) is 1.23. The fourth-order valence-electron chi connectivity index (χ4n) is 2.26. The zero-order valence-electron chi connectivity index (χ0n) is 11.8. The Bertz CT molecular complexity index is 731. The Hall–Kier alpha value is -2.96. The number of nitrogens with one attached hydrogen (secondary N) is 1. The molecule has 1 N–H and O–H groups in total. The first-order valence-electron chi connectivity index (χ1n) is 6.69. The van der Waals surface area contributed by atoms with Crippen molar-refractivity contribution < 1.29 is 18.8 Å². The van der Waals surface area contributed by atoms with Crippen molar-refractivity contribution in [3.63, 3.8) is 0 Å². The Morgan fingerprint density at radius 2 is 1.86 bits per heavy atom. The zero-order chi connectivity index (χ0) is 15.7. The van der Waals surface area contributed by atoms with Gasteiger partial charge in [0.1, 0.15) is 12.8 Å². The highest BCUT2D eigenvalue weighted by Crippen LogP contribution is 2.21. The average molecular weight is 299 g/mol. The molecule has 1 aromatic heterocycles. The van der Waals surface area contributed by atoms with Crippen LogP contribution in [-0.2, 0) is 11.3 Å². The first-order valence-corrected chi connectivity index (χ1v) is 6.69. The molecule has 7 nitrogen and oxygen atoms in total. The number of hydrogen-bond donors (Lipinski definition) is 1. The maximum atomic E-state index is 12.1. The van der Waals surface area contributed by atoms with Crippen LogP contribution in [0.5, 0.6) is 0 Å². The second-order valence-electron chi connectivity index (χ2n) is 4.88. The number of aryl methyl sites for hydroxylation is 1. The lowest BCUT2D eigenvalue weighted by atomic mass is 10.1. The monoisotopic (exact) mass is 299 g/mol. The van der Waals surface area contributed by atoms with Crippen LogP contribution in [0, 0.1) is 6.92 Å². The van der Waals surface area contributed by atoms with Crippen molar-refractivity contribution in [3.05, 3.63) is 53.2 Å². The molecular weight excluding hydrogens is 286 g/mol. The predicted molar refractivity (Wildman–Crippen MR) is 74.9 cm³/mol. The lowest BCUT2D eigenvalue weighted by molar-refractivity contribution is -0.121. The van der Waals surface area contributed by atoms with Gasteiger partial charge in [-0.25, -0.2) is 4.98 Å². The normalized spacial score (nSPS) is 13.4. The van der Waals surface area contributed by atoms with Gasteiger partial charge in [-0.2, -0.15) is 0 Å². The van der Waals surface area contributed by atoms with E-state index in [1.165, 1.54) is 6.26 Å². The molecule has 0 spiro atoms. The molecule has 0 atom stereocenters. The van der Waals surface area contributed by atoms with E-state index in [0.29, 0.717) is 22.7 Å². The summed E-state index contributed by atoms with van der Waals surface area (Å²) < 4.78 is 5.03. The van der Waals surface area contributed by atoms with Crippen LogP contribution in [0.4, 0.5) is 0 Å². The van der Waals surface area contributed by atoms with Crippen LogP contribution in [0.2, 0.25) is 0 Å². The van der Waals surface area contributed by atoms with Crippen LogP contribution in [0.1, 0.15) is 32.3 Å². The molecule has 0 fully saturated rings. The van der Waals surface area contributed by atoms with E-state index >= 15 is 0 Å². The Kier molecular flexibility index (Phi) is 3.46. The average Bonchev–Trinajstić information content (AvgIpc) is 3.03. The first-order chi connectivity index (χ1) is 10.6. The minimum absolute atomic E-state index is 0.180. The molecule has 0 aliphatic carbocycles. The molecule has 22 heavy (non-hydrogen) atoms. The number of oxazole rings is 1. The van der Waals surface area contributed by atoms with Crippen molar-refractivity contribution >= 4 is 17.7 Å². The van der Waals surface area contributed by atoms with Gasteiger partial charge in [0.05, 0.1) is 23.4 Å². The first kappa shape index (κ1) is 14.0. The van der Waals surface area contributed by atoms with Crippen molar-refractivity contribution in [3.8, 4) is 0 Å². The lowest BCUT2D eigenvalue weighted by Gasteiger charge is -2.13. The molecule has 3 amide bonds. The topological polar surface area (TPSA) is 92.5 Å². The fourth-order valence-corrected chi connectivity index (χ4v) is 2.26. The van der Waals surface area contributed by atoms with Crippen molar-refractivity contribution in [2.75, 3.05) is 6.54 Å². The molecule has 7 heteroatoms. The van der Waals surface area contributed by atoms with Crippen molar-refractivity contribution in [1.29, 1.82) is 0 Å². The smallest absolute Gasteiger partial charge is 0.262 e. The van der Waals surface area contributed by atoms with E-state index in [4.69, 9.17) is 4.42 Å². The summed E-state index contributed by atoms with van der Waals surface area (Å²) in [4.78, 5) is 41.1. The summed E-state index contributed by atoms with van der Waals surface area (Å²) in [5, 5.41) is 2.60. The van der Waals surface area contributed by atoms with E-state index in [0.717, 1.165) is 4.90 Å². The van der Waals surface area contributed by atoms with E-state index in [-0.39, 0.29) is 13.1 Å². The quantitative estimate of drug-likeness (QED) is 0.847. The number of imide groups is 1. The molecule has 1 aliphatic rings. The van der Waals surface area contributed by atoms with E-state index < -0.39 is 17.7 Å². The van der Waals surface area contributed by atoms with E-state index in [1.807, 2.05) is 0 Å². The van der Waals surface area contributed by atoms with Gasteiger partial charge in [0.15, 0.2) is 5.89 Å². The van der Waals surface area contributed by atoms with Gasteiger partial charge in [0, 0.05) is 6.92 Å². The number of carbonyl (C=O) groups excluding carboxylic acids is 3. The van der Waals surface area contributed by atoms with Gasteiger partial charge in [0.25, 0.3) is 11.8 Å². The van der Waals surface area contributed by atoms with Crippen molar-refractivity contribution in [2.45, 2.75) is 13.5 Å². The summed E-state index contributed by atoms with van der Waals surface area (Å²) >= 11 is 0. The predicted octanol–water partition coefficient (Wildman–Crippen LogP) is 0.895. The van der Waals surface area contributed by atoms with Crippen molar-refractivity contribution in [2.24, 2.45) is 0 Å². The summed E-state index contributed by atoms with van der Waals surface area (Å²) in [7, 11) is 0. The third-order valence-corrected chi connectivity index (χ3v) is 3.31. The second-order valence-corrected chi connectivity index (χ2v) is 4.88. The van der Waals surface area contributed by atoms with E-state index in [1.54, 1.807) is 31.2 Å². The largest absolute Gasteiger partial charge is 0.449 e. The van der Waals surface area contributed by atoms with Crippen LogP contribution in [0.25, 0.3) is 0 Å². The van der Waals surface area contributed by atoms with Gasteiger partial charge in [-0.1, -0.05) is 12.1 Å². The van der Waals surface area contributed by atoms with E-state index in [2.05, 4.69) is 10.3 Å². The Morgan fingerprint density at radius 1 is 1.23 bits per heavy atom. The number of benzene rings is 1. The molecular formula is C15H13N3O4. The lowest BCUT2D eigenvalue weighted by Crippen LogP contribution is -2.40. The maximum absolute atomic E-state index is 12.1. The SMILES string of the molecule is Cc1nc(CNC(=O)CN2C(=O)c3ccccc3C2=O)co1. The summed E-state index contributed by atoms with van der Waals surface area (Å²) in [6, 6.07) is 6.51. The molecule has 2 aromatic rings. The number of amides is 3. The Balaban J connectivity index is 1.63. The molecule has 0 unspecified atom stereocenters. The molecule has 3 rings (SSSR count). The van der Waals surface area contributed by atoms with Crippen LogP contribution in [0.15, 0.2) is 34.9 Å². The van der Waals surface area contributed by atoms with Crippen LogP contribution in [0.3, 0.4) is 0 Å². The molecule has 0 radical (unpaired) electrons. The minimum atomic E-state index is -0.451. The van der Waals surface area contributed by atoms with Gasteiger partial charge >= 0.3 is 0 Å². The third-order valence-electron chi connectivity index (χ3n) is 3.31. The summed E-state index contributed by atoms with van der Waals surface area (Å²) in [6.45, 7) is 1.56. The number of aromatic nitrogens is 1. The highest BCUT2D eigenvalue weighted by molar-refractivity contribution is 6.22. The number of rotatable bonds is 4. The Labute approximate surface area is 125 Å². The maximum Gasteiger partial charge on any atom is 0.262 e. The number of fused-ring (bicyclic) bond motifs is 1. The molecule has 1 aliphatic heterocycles. The number of hydrogen-bond acceptors (Lipinski definition) is 5. The standard InChI is InChI=1S/C15H13N3O4/c1-9-17-10(8-22-9)6-16-13(19)7-18-14(20)11-4-2-3-5-12(11)15(18)21/h2-5,8H,6-7H2,1H3,(H,16,19). The fraction of sp³-hybridized carbons (Fsp3) is 0.200. The molecule has 2 heterocycles. The van der Waals surface area contributed by atoms with E-state index in [9.17, 15) is 14.4 Å². The highest BCUT2D eigenvalue weighted by atomic mass is 16.3. The molecule has 0 saturated carbocycles. The van der Waals surface area contributed by atoms with Gasteiger partial charge < -0.3 is 9.73 Å². The molecule has 1 aromatic carbocycles. The van der Waals surface area contributed by atoms with Crippen LogP contribution < -0.4 is 5.32 Å². The number of nitrogens with zero attached hydrogens (tertiary/aromatic N) is 2. The number of carbonyl (C=O) groups is 3. The van der Waals surface area contributed by atoms with Crippen LogP contribution in [-0.4, -0.2) is 34.2 Å². The van der Waals surface area contributed by atoms with Gasteiger partial charge in [-0.05, 0) is 12.1 Å². The van der Waals surface area contributed by atoms with Crippen LogP contribution >= 0.6 is 0 Å². The minimum Gasteiger partial charge on any atom is -0.449 e. The summed E-state index contributed by atoms with van der Waals surface area (Å²) in [6.07, 6.45) is 1.44. The molecule has 0 bridgehead atoms. The van der Waals surface area contributed by atoms with Crippen molar-refractivity contribution in [1.82, 2.24) is 15.2 Å². The molecule has 0 saturated heterocycles. The molecule has 112 valence electrons. The highest BCUT2D eigenvalue weighted by Gasteiger charge is 2.36. The van der Waals surface area contributed by atoms with Gasteiger partial charge in [-0.3, -0.25) is 19.3 Å². The zero-order valence-corrected chi connectivity index (χ0v) is 11.8. The summed E-state index contributed by atoms with van der Waals surface area (Å²) in [5.74, 6) is -0.833.